The lowest BCUT2D eigenvalue weighted by Gasteiger charge is -2.20. The molecule has 0 rings (SSSR count). The van der Waals surface area contributed by atoms with Crippen LogP contribution in [0, 0.1) is 0 Å². The summed E-state index contributed by atoms with van der Waals surface area (Å²) in [5, 5.41) is 23.3. The van der Waals surface area contributed by atoms with Crippen LogP contribution in [0.5, 0.6) is 0 Å². The number of rotatable bonds is 76. The molecule has 2 atom stereocenters. The third-order valence-corrected chi connectivity index (χ3v) is 18.8. The lowest BCUT2D eigenvalue weighted by molar-refractivity contribution is -0.143. The summed E-state index contributed by atoms with van der Waals surface area (Å²) in [4.78, 5) is 24.7. The third-order valence-electron chi connectivity index (χ3n) is 18.8. The van der Waals surface area contributed by atoms with Gasteiger partial charge in [0, 0.05) is 12.8 Å². The highest BCUT2D eigenvalue weighted by atomic mass is 16.5. The van der Waals surface area contributed by atoms with Gasteiger partial charge in [-0.3, -0.25) is 9.59 Å². The first-order valence-electron chi connectivity index (χ1n) is 40.4. The lowest BCUT2D eigenvalue weighted by Crippen LogP contribution is -2.45. The summed E-state index contributed by atoms with van der Waals surface area (Å²) in [5.41, 5.74) is 0. The van der Waals surface area contributed by atoms with Crippen LogP contribution in [0.4, 0.5) is 0 Å². The smallest absolute Gasteiger partial charge is 0.305 e. The van der Waals surface area contributed by atoms with Crippen LogP contribution in [-0.4, -0.2) is 47.4 Å². The van der Waals surface area contributed by atoms with E-state index in [2.05, 4.69) is 55.6 Å². The molecule has 0 fully saturated rings. The second-order valence-electron chi connectivity index (χ2n) is 27.7. The molecule has 0 heterocycles. The maximum Gasteiger partial charge on any atom is 0.305 e. The van der Waals surface area contributed by atoms with E-state index in [1.54, 1.807) is 6.08 Å². The van der Waals surface area contributed by atoms with Crippen LogP contribution in [-0.2, 0) is 14.3 Å². The van der Waals surface area contributed by atoms with Crippen molar-refractivity contribution in [2.45, 2.75) is 456 Å². The van der Waals surface area contributed by atoms with Crippen molar-refractivity contribution in [1.82, 2.24) is 5.32 Å². The van der Waals surface area contributed by atoms with Crippen LogP contribution in [0.2, 0.25) is 0 Å². The van der Waals surface area contributed by atoms with Crippen LogP contribution >= 0.6 is 0 Å². The van der Waals surface area contributed by atoms with Crippen molar-refractivity contribution in [2.24, 2.45) is 0 Å². The monoisotopic (exact) mass is 1250 g/mol. The Morgan fingerprint density at radius 2 is 0.562 bits per heavy atom. The highest BCUT2D eigenvalue weighted by Gasteiger charge is 2.18. The van der Waals surface area contributed by atoms with Gasteiger partial charge in [-0.1, -0.05) is 390 Å². The molecule has 3 N–H and O–H groups in total. The zero-order chi connectivity index (χ0) is 64.2. The van der Waals surface area contributed by atoms with Crippen LogP contribution in [0.25, 0.3) is 0 Å². The first kappa shape index (κ1) is 86.8. The summed E-state index contributed by atoms with van der Waals surface area (Å²) in [5.74, 6) is -0.0500. The molecule has 0 spiro atoms. The highest BCUT2D eigenvalue weighted by Crippen LogP contribution is 2.19. The number of nitrogens with one attached hydrogen (secondary N) is 1. The number of hydrogen-bond acceptors (Lipinski definition) is 5. The van der Waals surface area contributed by atoms with E-state index in [1.165, 1.54) is 366 Å². The predicted molar refractivity (Wildman–Crippen MR) is 393 cm³/mol. The topological polar surface area (TPSA) is 95.9 Å². The molecule has 0 aliphatic rings. The van der Waals surface area contributed by atoms with Gasteiger partial charge in [-0.15, -0.1) is 0 Å². The third kappa shape index (κ3) is 74.7. The van der Waals surface area contributed by atoms with Crippen LogP contribution < -0.4 is 5.32 Å². The number of unbranched alkanes of at least 4 members (excludes halogenated alkanes) is 59. The molecule has 0 aromatic rings. The Morgan fingerprint density at radius 3 is 0.865 bits per heavy atom. The van der Waals surface area contributed by atoms with Crippen molar-refractivity contribution in [1.29, 1.82) is 0 Å². The molecule has 0 aromatic heterocycles. The standard InChI is InChI=1S/C83H157NO5/c1-3-5-7-9-11-13-15-17-19-21-23-24-36-40-43-47-51-55-59-63-67-71-75-81(86)80(79-85)84-82(87)76-72-68-64-60-56-52-48-44-41-37-34-32-30-28-26-25-27-29-31-33-35-38-42-46-50-54-58-62-66-70-74-78-89-83(88)77-73-69-65-61-57-53-49-45-39-22-20-18-16-14-12-10-8-6-4-2/h18,20,27,29,33,35,71,75,80-81,85-86H,3-17,19,21-26,28,30-32,34,36-70,72-74,76-79H2,1-2H3,(H,84,87)/b20-18-,29-27-,35-33-,75-71+. The van der Waals surface area contributed by atoms with Gasteiger partial charge in [0.15, 0.2) is 0 Å². The SMILES string of the molecule is CCCCCCCC/C=C\CCCCCCCCCCCC(=O)OCCCCCCCCCCC/C=C\C/C=C\CCCCCCCCCCCCCCCCCC(=O)NC(CO)C(O)/C=C/CCCCCCCCCCCCCCCCCCCCCC. The van der Waals surface area contributed by atoms with Crippen LogP contribution in [0.15, 0.2) is 48.6 Å². The van der Waals surface area contributed by atoms with Gasteiger partial charge in [-0.2, -0.15) is 0 Å². The average molecular weight is 1250 g/mol. The number of aliphatic hydroxyl groups is 2. The Labute approximate surface area is 556 Å². The van der Waals surface area contributed by atoms with Gasteiger partial charge in [0.25, 0.3) is 0 Å². The zero-order valence-electron chi connectivity index (χ0n) is 60.2. The van der Waals surface area contributed by atoms with Gasteiger partial charge in [0.2, 0.25) is 5.91 Å². The number of amides is 1. The van der Waals surface area contributed by atoms with Crippen molar-refractivity contribution in [3.8, 4) is 0 Å². The fourth-order valence-corrected chi connectivity index (χ4v) is 12.7. The number of hydrogen-bond donors (Lipinski definition) is 3. The Bertz CT molecular complexity index is 1490. The van der Waals surface area contributed by atoms with Gasteiger partial charge in [0.1, 0.15) is 0 Å². The molecule has 524 valence electrons. The summed E-state index contributed by atoms with van der Waals surface area (Å²) in [6, 6.07) is -0.629. The van der Waals surface area contributed by atoms with E-state index in [-0.39, 0.29) is 18.5 Å². The minimum atomic E-state index is -0.846. The molecule has 1 amide bonds. The van der Waals surface area contributed by atoms with Gasteiger partial charge >= 0.3 is 5.97 Å². The number of carbonyl (C=O) groups is 2. The molecular weight excluding hydrogens is 1090 g/mol. The molecule has 89 heavy (non-hydrogen) atoms. The van der Waals surface area contributed by atoms with Gasteiger partial charge < -0.3 is 20.3 Å². The maximum absolute atomic E-state index is 12.5. The molecule has 0 radical (unpaired) electrons. The first-order chi connectivity index (χ1) is 44.0. The molecule has 6 nitrogen and oxygen atoms in total. The second kappa shape index (κ2) is 78.3. The molecule has 0 saturated carbocycles. The molecule has 6 heteroatoms. The van der Waals surface area contributed by atoms with Crippen molar-refractivity contribution >= 4 is 11.9 Å². The summed E-state index contributed by atoms with van der Waals surface area (Å²) < 4.78 is 5.51. The normalized spacial score (nSPS) is 12.7. The number of aliphatic hydroxyl groups excluding tert-OH is 2. The maximum atomic E-state index is 12.5. The van der Waals surface area contributed by atoms with Crippen LogP contribution in [0.1, 0.15) is 444 Å². The Kier molecular flexibility index (Phi) is 76.3. The molecule has 0 aromatic carbocycles. The van der Waals surface area contributed by atoms with E-state index in [1.807, 2.05) is 6.08 Å². The largest absolute Gasteiger partial charge is 0.466 e. The van der Waals surface area contributed by atoms with E-state index < -0.39 is 12.1 Å². The average Bonchev–Trinajstić information content (AvgIpc) is 3.68. The molecular formula is C83H157NO5. The van der Waals surface area contributed by atoms with Gasteiger partial charge in [0.05, 0.1) is 25.4 Å². The molecule has 0 saturated heterocycles. The minimum absolute atomic E-state index is 0.0131. The predicted octanol–water partition coefficient (Wildman–Crippen LogP) is 26.8. The van der Waals surface area contributed by atoms with Crippen molar-refractivity contribution < 1.29 is 24.5 Å². The summed E-state index contributed by atoms with van der Waals surface area (Å²) in [7, 11) is 0. The van der Waals surface area contributed by atoms with Crippen LogP contribution in [0.3, 0.4) is 0 Å². The van der Waals surface area contributed by atoms with E-state index in [0.29, 0.717) is 19.4 Å². The fourth-order valence-electron chi connectivity index (χ4n) is 12.7. The van der Waals surface area contributed by atoms with E-state index >= 15 is 0 Å². The van der Waals surface area contributed by atoms with E-state index in [0.717, 1.165) is 51.4 Å². The van der Waals surface area contributed by atoms with Crippen molar-refractivity contribution in [3.63, 3.8) is 0 Å². The van der Waals surface area contributed by atoms with E-state index in [4.69, 9.17) is 4.74 Å². The zero-order valence-corrected chi connectivity index (χ0v) is 60.2. The Balaban J connectivity index is 3.40. The number of allylic oxidation sites excluding steroid dienone is 7. The lowest BCUT2D eigenvalue weighted by atomic mass is 10.0. The molecule has 0 aliphatic heterocycles. The number of esters is 1. The quantitative estimate of drug-likeness (QED) is 0.0320. The summed E-state index contributed by atoms with van der Waals surface area (Å²) in [6.45, 7) is 4.94. The second-order valence-corrected chi connectivity index (χ2v) is 27.7. The first-order valence-corrected chi connectivity index (χ1v) is 40.4. The molecule has 2 unspecified atom stereocenters. The highest BCUT2D eigenvalue weighted by molar-refractivity contribution is 5.76. The molecule has 0 aliphatic carbocycles. The van der Waals surface area contributed by atoms with Gasteiger partial charge in [-0.05, 0) is 89.9 Å². The fraction of sp³-hybridized carbons (Fsp3) is 0.880. The Morgan fingerprint density at radius 1 is 0.315 bits per heavy atom. The van der Waals surface area contributed by atoms with E-state index in [9.17, 15) is 19.8 Å². The number of ether oxygens (including phenoxy) is 1. The Hall–Kier alpha value is -2.18. The molecule has 0 bridgehead atoms. The number of carbonyl (C=O) groups excluding carboxylic acids is 2. The summed E-state index contributed by atoms with van der Waals surface area (Å²) >= 11 is 0. The van der Waals surface area contributed by atoms with Crippen molar-refractivity contribution in [3.05, 3.63) is 48.6 Å². The minimum Gasteiger partial charge on any atom is -0.466 e. The van der Waals surface area contributed by atoms with Gasteiger partial charge in [-0.25, -0.2) is 0 Å². The summed E-state index contributed by atoms with van der Waals surface area (Å²) in [6.07, 6.45) is 104. The van der Waals surface area contributed by atoms with Crippen molar-refractivity contribution in [2.75, 3.05) is 13.2 Å².